The summed E-state index contributed by atoms with van der Waals surface area (Å²) in [6.45, 7) is 14.8. The monoisotopic (exact) mass is 424 g/mol. The first kappa shape index (κ1) is 23.3. The SMILES string of the molecule is CCCC1=CC2=CC(=O)CC[C@]2(C)[C@H]2CC[C@]3(C)[C@@H]([C@H](C)CCCC(C)C)CC[C@H]3[C@H]12. The van der Waals surface area contributed by atoms with Crippen LogP contribution < -0.4 is 0 Å². The third kappa shape index (κ3) is 4.02. The number of ketones is 1. The lowest BCUT2D eigenvalue weighted by molar-refractivity contribution is -0.116. The summed E-state index contributed by atoms with van der Waals surface area (Å²) in [4.78, 5) is 12.3. The number of hydrogen-bond donors (Lipinski definition) is 0. The molecule has 0 radical (unpaired) electrons. The largest absolute Gasteiger partial charge is 0.295 e. The number of allylic oxidation sites excluding steroid dienone is 4. The molecule has 0 unspecified atom stereocenters. The van der Waals surface area contributed by atoms with Gasteiger partial charge in [0.1, 0.15) is 0 Å². The van der Waals surface area contributed by atoms with Crippen molar-refractivity contribution in [3.63, 3.8) is 0 Å². The fraction of sp³-hybridized carbons (Fsp3) is 0.833. The summed E-state index contributed by atoms with van der Waals surface area (Å²) in [5, 5.41) is 0. The molecule has 0 heterocycles. The highest BCUT2D eigenvalue weighted by Crippen LogP contribution is 2.68. The van der Waals surface area contributed by atoms with E-state index in [1.807, 2.05) is 6.08 Å². The number of rotatable bonds is 7. The van der Waals surface area contributed by atoms with Crippen LogP contribution in [-0.4, -0.2) is 5.78 Å². The summed E-state index contributed by atoms with van der Waals surface area (Å²) < 4.78 is 0. The highest BCUT2D eigenvalue weighted by molar-refractivity contribution is 5.92. The van der Waals surface area contributed by atoms with Crippen molar-refractivity contribution in [2.75, 3.05) is 0 Å². The Labute approximate surface area is 192 Å². The van der Waals surface area contributed by atoms with Crippen LogP contribution in [0.4, 0.5) is 0 Å². The maximum absolute atomic E-state index is 12.3. The summed E-state index contributed by atoms with van der Waals surface area (Å²) in [6.07, 6.45) is 18.7. The van der Waals surface area contributed by atoms with Gasteiger partial charge in [0.25, 0.3) is 0 Å². The number of carbonyl (C=O) groups is 1. The molecule has 1 nitrogen and oxygen atoms in total. The zero-order chi connectivity index (χ0) is 22.4. The molecule has 0 saturated heterocycles. The number of carbonyl (C=O) groups excluding carboxylic acids is 1. The van der Waals surface area contributed by atoms with Gasteiger partial charge in [-0.15, -0.1) is 0 Å². The first-order valence-electron chi connectivity index (χ1n) is 13.7. The van der Waals surface area contributed by atoms with Crippen LogP contribution in [0.25, 0.3) is 0 Å². The Kier molecular flexibility index (Phi) is 6.64. The molecule has 2 fully saturated rings. The summed E-state index contributed by atoms with van der Waals surface area (Å²) in [5.74, 6) is 5.35. The van der Waals surface area contributed by atoms with E-state index in [9.17, 15) is 4.79 Å². The van der Waals surface area contributed by atoms with Crippen LogP contribution in [0, 0.1) is 46.3 Å². The van der Waals surface area contributed by atoms with E-state index in [-0.39, 0.29) is 5.41 Å². The Morgan fingerprint density at radius 3 is 2.48 bits per heavy atom. The second kappa shape index (κ2) is 8.83. The Morgan fingerprint density at radius 2 is 1.77 bits per heavy atom. The summed E-state index contributed by atoms with van der Waals surface area (Å²) in [6, 6.07) is 0. The lowest BCUT2D eigenvalue weighted by Gasteiger charge is -2.58. The van der Waals surface area contributed by atoms with Gasteiger partial charge in [-0.05, 0) is 96.5 Å². The molecule has 0 aromatic rings. The maximum Gasteiger partial charge on any atom is 0.156 e. The molecule has 0 spiro atoms. The van der Waals surface area contributed by atoms with Crippen LogP contribution in [0.2, 0.25) is 0 Å². The first-order valence-corrected chi connectivity index (χ1v) is 13.7. The molecule has 4 aliphatic carbocycles. The minimum Gasteiger partial charge on any atom is -0.295 e. The van der Waals surface area contributed by atoms with E-state index in [1.54, 1.807) is 5.57 Å². The Bertz CT molecular complexity index is 742. The zero-order valence-corrected chi connectivity index (χ0v) is 21.3. The lowest BCUT2D eigenvalue weighted by atomic mass is 9.46. The van der Waals surface area contributed by atoms with Crippen molar-refractivity contribution in [3.8, 4) is 0 Å². The average molecular weight is 425 g/mol. The van der Waals surface area contributed by atoms with Gasteiger partial charge in [-0.3, -0.25) is 4.79 Å². The van der Waals surface area contributed by atoms with Crippen LogP contribution in [0.3, 0.4) is 0 Å². The molecular weight excluding hydrogens is 376 g/mol. The standard InChI is InChI=1S/C30H48O/c1-7-9-22-18-23-19-24(31)14-16-29(23,5)27-15-17-30(6)25(12-13-26(30)28(22)27)21(4)11-8-10-20(2)3/h18-21,25-28H,7-17H2,1-6H3/t21-,25-,26+,27+,28+,29+,30-/m1/s1. The van der Waals surface area contributed by atoms with Gasteiger partial charge in [0, 0.05) is 6.42 Å². The van der Waals surface area contributed by atoms with E-state index in [0.29, 0.717) is 11.2 Å². The van der Waals surface area contributed by atoms with Crippen molar-refractivity contribution in [1.82, 2.24) is 0 Å². The van der Waals surface area contributed by atoms with Crippen LogP contribution in [0.15, 0.2) is 23.3 Å². The molecule has 1 heteroatoms. The van der Waals surface area contributed by atoms with Crippen molar-refractivity contribution in [3.05, 3.63) is 23.3 Å². The third-order valence-corrected chi connectivity index (χ3v) is 10.5. The van der Waals surface area contributed by atoms with Crippen LogP contribution in [-0.2, 0) is 4.79 Å². The Morgan fingerprint density at radius 1 is 1.00 bits per heavy atom. The molecule has 7 atom stereocenters. The molecule has 0 aromatic carbocycles. The molecule has 4 rings (SSSR count). The minimum atomic E-state index is 0.234. The average Bonchev–Trinajstić information content (AvgIpc) is 3.06. The van der Waals surface area contributed by atoms with Gasteiger partial charge in [-0.2, -0.15) is 0 Å². The van der Waals surface area contributed by atoms with Crippen LogP contribution in [0.5, 0.6) is 0 Å². The van der Waals surface area contributed by atoms with Gasteiger partial charge < -0.3 is 0 Å². The van der Waals surface area contributed by atoms with Crippen molar-refractivity contribution < 1.29 is 4.79 Å². The van der Waals surface area contributed by atoms with Crippen LogP contribution >= 0.6 is 0 Å². The molecule has 174 valence electrons. The van der Waals surface area contributed by atoms with Gasteiger partial charge in [0.15, 0.2) is 5.78 Å². The predicted molar refractivity (Wildman–Crippen MR) is 132 cm³/mol. The fourth-order valence-electron chi connectivity index (χ4n) is 8.76. The highest BCUT2D eigenvalue weighted by atomic mass is 16.1. The first-order chi connectivity index (χ1) is 14.7. The summed E-state index contributed by atoms with van der Waals surface area (Å²) in [5.41, 5.74) is 3.84. The molecular formula is C30H48O. The molecule has 31 heavy (non-hydrogen) atoms. The van der Waals surface area contributed by atoms with Gasteiger partial charge >= 0.3 is 0 Å². The third-order valence-electron chi connectivity index (χ3n) is 10.5. The van der Waals surface area contributed by atoms with Crippen molar-refractivity contribution in [1.29, 1.82) is 0 Å². The number of fused-ring (bicyclic) bond motifs is 5. The Hall–Kier alpha value is -0.850. The van der Waals surface area contributed by atoms with Crippen molar-refractivity contribution >= 4 is 5.78 Å². The molecule has 0 aromatic heterocycles. The number of hydrogen-bond acceptors (Lipinski definition) is 1. The minimum absolute atomic E-state index is 0.234. The van der Waals surface area contributed by atoms with E-state index in [1.165, 1.54) is 63.4 Å². The smallest absolute Gasteiger partial charge is 0.156 e. The molecule has 0 bridgehead atoms. The zero-order valence-electron chi connectivity index (χ0n) is 21.3. The van der Waals surface area contributed by atoms with Crippen molar-refractivity contribution in [2.45, 2.75) is 112 Å². The molecule has 0 aliphatic heterocycles. The van der Waals surface area contributed by atoms with E-state index >= 15 is 0 Å². The predicted octanol–water partition coefficient (Wildman–Crippen LogP) is 8.54. The summed E-state index contributed by atoms with van der Waals surface area (Å²) >= 11 is 0. The van der Waals surface area contributed by atoms with Crippen LogP contribution in [0.1, 0.15) is 112 Å². The van der Waals surface area contributed by atoms with Gasteiger partial charge in [0.2, 0.25) is 0 Å². The van der Waals surface area contributed by atoms with E-state index in [4.69, 9.17) is 0 Å². The van der Waals surface area contributed by atoms with Gasteiger partial charge in [0.05, 0.1) is 0 Å². The molecule has 0 amide bonds. The highest BCUT2D eigenvalue weighted by Gasteiger charge is 2.59. The quantitative estimate of drug-likeness (QED) is 0.400. The van der Waals surface area contributed by atoms with E-state index < -0.39 is 0 Å². The van der Waals surface area contributed by atoms with E-state index in [2.05, 4.69) is 47.6 Å². The fourth-order valence-corrected chi connectivity index (χ4v) is 8.76. The maximum atomic E-state index is 12.3. The topological polar surface area (TPSA) is 17.1 Å². The second-order valence-electron chi connectivity index (χ2n) is 12.7. The molecule has 2 saturated carbocycles. The second-order valence-corrected chi connectivity index (χ2v) is 12.7. The molecule has 0 N–H and O–H groups in total. The van der Waals surface area contributed by atoms with E-state index in [0.717, 1.165) is 48.3 Å². The lowest BCUT2D eigenvalue weighted by Crippen LogP contribution is -2.51. The Balaban J connectivity index is 1.62. The van der Waals surface area contributed by atoms with Gasteiger partial charge in [-0.25, -0.2) is 0 Å². The normalized spacial score (nSPS) is 40.7. The van der Waals surface area contributed by atoms with Gasteiger partial charge in [-0.1, -0.05) is 78.9 Å². The molecule has 4 aliphatic rings. The van der Waals surface area contributed by atoms with Crippen molar-refractivity contribution in [2.24, 2.45) is 46.3 Å². The summed E-state index contributed by atoms with van der Waals surface area (Å²) in [7, 11) is 0.